The molecule has 1 unspecified atom stereocenters. The summed E-state index contributed by atoms with van der Waals surface area (Å²) in [7, 11) is -3.46. The number of hydrogen-bond donors (Lipinski definition) is 2. The van der Waals surface area contributed by atoms with Gasteiger partial charge >= 0.3 is 0 Å². The summed E-state index contributed by atoms with van der Waals surface area (Å²) >= 11 is 1.24. The van der Waals surface area contributed by atoms with Crippen molar-refractivity contribution in [2.75, 3.05) is 19.8 Å². The predicted molar refractivity (Wildman–Crippen MR) is 69.0 cm³/mol. The fourth-order valence-corrected chi connectivity index (χ4v) is 4.11. The molecule has 7 heteroatoms. The maximum absolute atomic E-state index is 12.0. The summed E-state index contributed by atoms with van der Waals surface area (Å²) < 4.78 is 31.9. The molecule has 0 aromatic carbocycles. The van der Waals surface area contributed by atoms with E-state index in [4.69, 9.17) is 9.84 Å². The number of sulfonamides is 1. The van der Waals surface area contributed by atoms with Crippen molar-refractivity contribution in [1.29, 1.82) is 0 Å². The normalized spacial score (nSPS) is 21.1. The van der Waals surface area contributed by atoms with E-state index in [1.165, 1.54) is 17.4 Å². The first-order chi connectivity index (χ1) is 8.62. The molecule has 5 nitrogen and oxygen atoms in total. The van der Waals surface area contributed by atoms with Gasteiger partial charge in [-0.1, -0.05) is 0 Å². The molecule has 0 spiro atoms. The monoisotopic (exact) mass is 291 g/mol. The Bertz CT molecular complexity index is 477. The van der Waals surface area contributed by atoms with Crippen LogP contribution in [0.1, 0.15) is 17.7 Å². The van der Waals surface area contributed by atoms with Crippen molar-refractivity contribution in [3.63, 3.8) is 0 Å². The number of aliphatic hydroxyl groups is 1. The third kappa shape index (κ3) is 3.52. The second-order valence-corrected chi connectivity index (χ2v) is 7.10. The van der Waals surface area contributed by atoms with Gasteiger partial charge in [0, 0.05) is 23.4 Å². The van der Waals surface area contributed by atoms with Gasteiger partial charge in [-0.2, -0.15) is 0 Å². The zero-order chi connectivity index (χ0) is 13.0. The number of hydrogen-bond acceptors (Lipinski definition) is 5. The van der Waals surface area contributed by atoms with Gasteiger partial charge in [0.25, 0.3) is 0 Å². The van der Waals surface area contributed by atoms with Crippen molar-refractivity contribution in [3.8, 4) is 0 Å². The minimum atomic E-state index is -3.46. The van der Waals surface area contributed by atoms with Crippen molar-refractivity contribution < 1.29 is 18.3 Å². The van der Waals surface area contributed by atoms with Gasteiger partial charge in [0.1, 0.15) is 0 Å². The molecule has 0 amide bonds. The Kier molecular flexibility index (Phi) is 4.74. The van der Waals surface area contributed by atoms with Gasteiger partial charge in [-0.15, -0.1) is 11.3 Å². The van der Waals surface area contributed by atoms with E-state index in [1.54, 1.807) is 5.38 Å². The highest BCUT2D eigenvalue weighted by atomic mass is 32.2. The van der Waals surface area contributed by atoms with E-state index in [-0.39, 0.29) is 17.4 Å². The number of nitrogens with one attached hydrogen (secondary N) is 1. The van der Waals surface area contributed by atoms with E-state index < -0.39 is 10.0 Å². The fraction of sp³-hybridized carbons (Fsp3) is 0.636. The van der Waals surface area contributed by atoms with Crippen LogP contribution in [0.15, 0.2) is 16.3 Å². The topological polar surface area (TPSA) is 75.6 Å². The molecule has 1 aliphatic heterocycles. The Hall–Kier alpha value is -0.470. The Morgan fingerprint density at radius 1 is 1.56 bits per heavy atom. The first-order valence-electron chi connectivity index (χ1n) is 5.87. The van der Waals surface area contributed by atoms with Crippen LogP contribution < -0.4 is 4.72 Å². The van der Waals surface area contributed by atoms with Crippen LogP contribution in [0.2, 0.25) is 0 Å². The molecule has 18 heavy (non-hydrogen) atoms. The summed E-state index contributed by atoms with van der Waals surface area (Å²) in [5.74, 6) is 0.254. The van der Waals surface area contributed by atoms with Crippen molar-refractivity contribution in [2.24, 2.45) is 5.92 Å². The lowest BCUT2D eigenvalue weighted by atomic mass is 10.0. The lowest BCUT2D eigenvalue weighted by molar-refractivity contribution is 0.0568. The molecule has 0 radical (unpaired) electrons. The van der Waals surface area contributed by atoms with Crippen molar-refractivity contribution in [3.05, 3.63) is 16.3 Å². The third-order valence-corrected chi connectivity index (χ3v) is 5.39. The molecule has 1 fully saturated rings. The fourth-order valence-electron chi connectivity index (χ4n) is 1.86. The standard InChI is InChI=1S/C11H17NO4S2/c13-6-10-4-11(8-17-10)18(14,15)12-5-9-2-1-3-16-7-9/h4,8-9,12-13H,1-3,5-7H2. The maximum atomic E-state index is 12.0. The minimum Gasteiger partial charge on any atom is -0.391 e. The van der Waals surface area contributed by atoms with Gasteiger partial charge in [-0.05, 0) is 24.8 Å². The first-order valence-corrected chi connectivity index (χ1v) is 8.24. The molecular formula is C11H17NO4S2. The SMILES string of the molecule is O=S(=O)(NCC1CCCOC1)c1csc(CO)c1. The largest absolute Gasteiger partial charge is 0.391 e. The Labute approximate surface area is 111 Å². The van der Waals surface area contributed by atoms with Crippen molar-refractivity contribution in [1.82, 2.24) is 4.72 Å². The van der Waals surface area contributed by atoms with Crippen LogP contribution in [-0.4, -0.2) is 33.3 Å². The summed E-state index contributed by atoms with van der Waals surface area (Å²) in [6.07, 6.45) is 1.98. The van der Waals surface area contributed by atoms with Gasteiger partial charge in [-0.25, -0.2) is 13.1 Å². The third-order valence-electron chi connectivity index (χ3n) is 2.91. The van der Waals surface area contributed by atoms with E-state index in [0.29, 0.717) is 18.0 Å². The van der Waals surface area contributed by atoms with Crippen LogP contribution in [0.5, 0.6) is 0 Å². The van der Waals surface area contributed by atoms with E-state index in [2.05, 4.69) is 4.72 Å². The quantitative estimate of drug-likeness (QED) is 0.847. The lowest BCUT2D eigenvalue weighted by Crippen LogP contribution is -2.33. The second-order valence-electron chi connectivity index (χ2n) is 4.34. The summed E-state index contributed by atoms with van der Waals surface area (Å²) in [5.41, 5.74) is 0. The number of ether oxygens (including phenoxy) is 1. The number of thiophene rings is 1. The van der Waals surface area contributed by atoms with Crippen LogP contribution >= 0.6 is 11.3 Å². The van der Waals surface area contributed by atoms with Gasteiger partial charge < -0.3 is 9.84 Å². The molecule has 2 rings (SSSR count). The van der Waals surface area contributed by atoms with Crippen LogP contribution in [0.3, 0.4) is 0 Å². The van der Waals surface area contributed by atoms with Crippen LogP contribution in [0.25, 0.3) is 0 Å². The molecular weight excluding hydrogens is 274 g/mol. The van der Waals surface area contributed by atoms with Crippen LogP contribution in [-0.2, 0) is 21.4 Å². The highest BCUT2D eigenvalue weighted by Gasteiger charge is 2.20. The van der Waals surface area contributed by atoms with E-state index in [9.17, 15) is 8.42 Å². The summed E-state index contributed by atoms with van der Waals surface area (Å²) in [5, 5.41) is 10.5. The smallest absolute Gasteiger partial charge is 0.241 e. The zero-order valence-corrected chi connectivity index (χ0v) is 11.6. The predicted octanol–water partition coefficient (Wildman–Crippen LogP) is 0.945. The summed E-state index contributed by atoms with van der Waals surface area (Å²) in [4.78, 5) is 0.879. The average molecular weight is 291 g/mol. The molecule has 1 aromatic heterocycles. The van der Waals surface area contributed by atoms with Gasteiger partial charge in [0.2, 0.25) is 10.0 Å². The molecule has 2 heterocycles. The highest BCUT2D eigenvalue weighted by molar-refractivity contribution is 7.89. The van der Waals surface area contributed by atoms with Crippen LogP contribution in [0, 0.1) is 5.92 Å². The van der Waals surface area contributed by atoms with E-state index in [1.807, 2.05) is 0 Å². The Morgan fingerprint density at radius 2 is 2.39 bits per heavy atom. The molecule has 0 aliphatic carbocycles. The second kappa shape index (κ2) is 6.12. The van der Waals surface area contributed by atoms with Crippen molar-refractivity contribution in [2.45, 2.75) is 24.3 Å². The van der Waals surface area contributed by atoms with Crippen LogP contribution in [0.4, 0.5) is 0 Å². The first kappa shape index (κ1) is 14.0. The van der Waals surface area contributed by atoms with Gasteiger partial charge in [0.05, 0.1) is 18.1 Å². The van der Waals surface area contributed by atoms with E-state index in [0.717, 1.165) is 19.4 Å². The molecule has 1 aliphatic rings. The van der Waals surface area contributed by atoms with Gasteiger partial charge in [0.15, 0.2) is 0 Å². The van der Waals surface area contributed by atoms with Gasteiger partial charge in [-0.3, -0.25) is 0 Å². The highest BCUT2D eigenvalue weighted by Crippen LogP contribution is 2.20. The Morgan fingerprint density at radius 3 is 3.00 bits per heavy atom. The zero-order valence-electron chi connectivity index (χ0n) is 9.96. The van der Waals surface area contributed by atoms with Crippen molar-refractivity contribution >= 4 is 21.4 Å². The molecule has 102 valence electrons. The average Bonchev–Trinajstić information content (AvgIpc) is 2.87. The molecule has 2 N–H and O–H groups in total. The molecule has 0 saturated carbocycles. The molecule has 1 saturated heterocycles. The Balaban J connectivity index is 1.94. The summed E-state index contributed by atoms with van der Waals surface area (Å²) in [6.45, 7) is 1.67. The summed E-state index contributed by atoms with van der Waals surface area (Å²) in [6, 6.07) is 1.50. The minimum absolute atomic E-state index is 0.128. The number of rotatable bonds is 5. The number of aliphatic hydroxyl groups excluding tert-OH is 1. The lowest BCUT2D eigenvalue weighted by Gasteiger charge is -2.21. The molecule has 1 atom stereocenters. The van der Waals surface area contributed by atoms with E-state index >= 15 is 0 Å². The molecule has 0 bridgehead atoms. The maximum Gasteiger partial charge on any atom is 0.241 e. The molecule has 1 aromatic rings.